The number of benzene rings is 1. The summed E-state index contributed by atoms with van der Waals surface area (Å²) < 4.78 is 5.10. The van der Waals surface area contributed by atoms with Crippen molar-refractivity contribution in [1.82, 2.24) is 9.97 Å². The zero-order valence-corrected chi connectivity index (χ0v) is 10.8. The monoisotopic (exact) mass is 268 g/mol. The normalized spacial score (nSPS) is 17.6. The molecule has 20 heavy (non-hydrogen) atoms. The van der Waals surface area contributed by atoms with Gasteiger partial charge >= 0.3 is 0 Å². The van der Waals surface area contributed by atoms with Gasteiger partial charge in [0.05, 0.1) is 7.11 Å². The number of hydrogen-bond acceptors (Lipinski definition) is 5. The fourth-order valence-corrected chi connectivity index (χ4v) is 1.98. The number of anilines is 1. The zero-order chi connectivity index (χ0) is 13.9. The van der Waals surface area contributed by atoms with Crippen LogP contribution in [0.2, 0.25) is 0 Å². The summed E-state index contributed by atoms with van der Waals surface area (Å²) in [6.45, 7) is 0. The van der Waals surface area contributed by atoms with E-state index in [0.717, 1.165) is 11.3 Å². The van der Waals surface area contributed by atoms with Crippen LogP contribution >= 0.6 is 0 Å². The minimum Gasteiger partial charge on any atom is -0.497 e. The molecule has 1 aromatic carbocycles. The summed E-state index contributed by atoms with van der Waals surface area (Å²) in [4.78, 5) is 20.4. The molecular formula is C14H12N4O2. The maximum atomic E-state index is 12.4. The van der Waals surface area contributed by atoms with Crippen molar-refractivity contribution in [3.05, 3.63) is 48.3 Å². The standard InChI is InChI=1S/C14H12N4O2/c1-20-11-5-3-10(4-6-11)12-9-17-18(13(12)19)14-15-7-2-8-16-14/h2-9,12H,1H3. The molecule has 1 atom stereocenters. The maximum absolute atomic E-state index is 12.4. The molecule has 2 aromatic rings. The van der Waals surface area contributed by atoms with Crippen molar-refractivity contribution >= 4 is 18.1 Å². The van der Waals surface area contributed by atoms with E-state index >= 15 is 0 Å². The van der Waals surface area contributed by atoms with Crippen LogP contribution in [-0.4, -0.2) is 29.2 Å². The Kier molecular flexibility index (Phi) is 3.12. The predicted octanol–water partition coefficient (Wildman–Crippen LogP) is 1.60. The third-order valence-corrected chi connectivity index (χ3v) is 3.02. The molecule has 0 saturated carbocycles. The lowest BCUT2D eigenvalue weighted by molar-refractivity contribution is -0.118. The molecule has 0 bridgehead atoms. The molecule has 1 unspecified atom stereocenters. The molecule has 100 valence electrons. The van der Waals surface area contributed by atoms with Crippen molar-refractivity contribution in [2.24, 2.45) is 5.10 Å². The van der Waals surface area contributed by atoms with Crippen molar-refractivity contribution in [2.75, 3.05) is 12.1 Å². The number of amides is 1. The maximum Gasteiger partial charge on any atom is 0.263 e. The van der Waals surface area contributed by atoms with E-state index in [9.17, 15) is 4.79 Å². The van der Waals surface area contributed by atoms with Gasteiger partial charge in [-0.25, -0.2) is 9.97 Å². The van der Waals surface area contributed by atoms with E-state index < -0.39 is 5.92 Å². The van der Waals surface area contributed by atoms with Gasteiger partial charge in [-0.05, 0) is 23.8 Å². The van der Waals surface area contributed by atoms with Gasteiger partial charge in [0.25, 0.3) is 11.9 Å². The van der Waals surface area contributed by atoms with Gasteiger partial charge in [-0.15, -0.1) is 0 Å². The second-order valence-corrected chi connectivity index (χ2v) is 4.21. The minimum atomic E-state index is -0.412. The summed E-state index contributed by atoms with van der Waals surface area (Å²) in [7, 11) is 1.60. The van der Waals surface area contributed by atoms with Crippen molar-refractivity contribution in [3.63, 3.8) is 0 Å². The largest absolute Gasteiger partial charge is 0.497 e. The number of carbonyl (C=O) groups excluding carboxylic acids is 1. The summed E-state index contributed by atoms with van der Waals surface area (Å²) in [6.07, 6.45) is 4.75. The average molecular weight is 268 g/mol. The van der Waals surface area contributed by atoms with Crippen LogP contribution in [0.5, 0.6) is 5.75 Å². The molecule has 2 heterocycles. The highest BCUT2D eigenvalue weighted by Crippen LogP contribution is 2.25. The van der Waals surface area contributed by atoms with Crippen molar-refractivity contribution in [2.45, 2.75) is 5.92 Å². The summed E-state index contributed by atoms with van der Waals surface area (Å²) in [5.74, 6) is 0.454. The van der Waals surface area contributed by atoms with Gasteiger partial charge in [-0.1, -0.05) is 12.1 Å². The number of ether oxygens (including phenoxy) is 1. The SMILES string of the molecule is COc1ccc(C2C=NN(c3ncccn3)C2=O)cc1. The molecule has 0 radical (unpaired) electrons. The Morgan fingerprint density at radius 2 is 1.85 bits per heavy atom. The predicted molar refractivity (Wildman–Crippen MR) is 73.7 cm³/mol. The van der Waals surface area contributed by atoms with Crippen LogP contribution in [0.15, 0.2) is 47.8 Å². The lowest BCUT2D eigenvalue weighted by Gasteiger charge is -2.12. The molecule has 6 nitrogen and oxygen atoms in total. The first kappa shape index (κ1) is 12.3. The number of nitrogens with zero attached hydrogens (tertiary/aromatic N) is 4. The van der Waals surface area contributed by atoms with Gasteiger partial charge < -0.3 is 4.74 Å². The zero-order valence-electron chi connectivity index (χ0n) is 10.8. The molecule has 0 saturated heterocycles. The number of methoxy groups -OCH3 is 1. The third-order valence-electron chi connectivity index (χ3n) is 3.02. The van der Waals surface area contributed by atoms with Crippen molar-refractivity contribution < 1.29 is 9.53 Å². The van der Waals surface area contributed by atoms with Crippen LogP contribution in [0.4, 0.5) is 5.95 Å². The van der Waals surface area contributed by atoms with Gasteiger partial charge in [-0.2, -0.15) is 10.1 Å². The Bertz CT molecular complexity index is 640. The Morgan fingerprint density at radius 3 is 2.50 bits per heavy atom. The molecule has 1 aliphatic rings. The van der Waals surface area contributed by atoms with E-state index in [1.807, 2.05) is 24.3 Å². The highest BCUT2D eigenvalue weighted by molar-refractivity contribution is 6.11. The Hall–Kier alpha value is -2.76. The lowest BCUT2D eigenvalue weighted by atomic mass is 10.0. The Morgan fingerprint density at radius 1 is 1.15 bits per heavy atom. The van der Waals surface area contributed by atoms with Crippen molar-refractivity contribution in [1.29, 1.82) is 0 Å². The van der Waals surface area contributed by atoms with E-state index in [-0.39, 0.29) is 11.9 Å². The summed E-state index contributed by atoms with van der Waals surface area (Å²) >= 11 is 0. The molecule has 6 heteroatoms. The van der Waals surface area contributed by atoms with Crippen LogP contribution in [0.25, 0.3) is 0 Å². The number of hydrazone groups is 1. The number of hydrogen-bond donors (Lipinski definition) is 0. The number of rotatable bonds is 3. The molecule has 1 amide bonds. The molecule has 0 fully saturated rings. The van der Waals surface area contributed by atoms with Crippen LogP contribution in [0.3, 0.4) is 0 Å². The van der Waals surface area contributed by atoms with Gasteiger partial charge in [0.1, 0.15) is 11.7 Å². The molecule has 1 aromatic heterocycles. The Balaban J connectivity index is 1.84. The molecule has 0 N–H and O–H groups in total. The molecule has 3 rings (SSSR count). The number of aromatic nitrogens is 2. The van der Waals surface area contributed by atoms with Crippen LogP contribution in [-0.2, 0) is 4.79 Å². The molecule has 0 aliphatic carbocycles. The molecule has 1 aliphatic heterocycles. The van der Waals surface area contributed by atoms with E-state index in [2.05, 4.69) is 15.1 Å². The first-order valence-corrected chi connectivity index (χ1v) is 6.08. The van der Waals surface area contributed by atoms with Crippen molar-refractivity contribution in [3.8, 4) is 5.75 Å². The first-order valence-electron chi connectivity index (χ1n) is 6.08. The quantitative estimate of drug-likeness (QED) is 0.848. The third kappa shape index (κ3) is 2.11. The highest BCUT2D eigenvalue weighted by atomic mass is 16.5. The van der Waals surface area contributed by atoms with Gasteiger partial charge in [0.2, 0.25) is 0 Å². The van der Waals surface area contributed by atoms with Gasteiger partial charge in [0, 0.05) is 18.6 Å². The van der Waals surface area contributed by atoms with Gasteiger partial charge in [-0.3, -0.25) is 4.79 Å². The first-order chi connectivity index (χ1) is 9.79. The van der Waals surface area contributed by atoms with E-state index in [1.54, 1.807) is 31.8 Å². The van der Waals surface area contributed by atoms with E-state index in [1.165, 1.54) is 5.01 Å². The second-order valence-electron chi connectivity index (χ2n) is 4.21. The molecular weight excluding hydrogens is 256 g/mol. The Labute approximate surface area is 115 Å². The smallest absolute Gasteiger partial charge is 0.263 e. The highest BCUT2D eigenvalue weighted by Gasteiger charge is 2.32. The fraction of sp³-hybridized carbons (Fsp3) is 0.143. The average Bonchev–Trinajstić information content (AvgIpc) is 2.90. The summed E-state index contributed by atoms with van der Waals surface area (Å²) in [5, 5.41) is 5.31. The van der Waals surface area contributed by atoms with E-state index in [4.69, 9.17) is 4.74 Å². The van der Waals surface area contributed by atoms with Crippen LogP contribution in [0, 0.1) is 0 Å². The summed E-state index contributed by atoms with van der Waals surface area (Å²) in [5.41, 5.74) is 0.859. The minimum absolute atomic E-state index is 0.165. The molecule has 0 spiro atoms. The van der Waals surface area contributed by atoms with Crippen LogP contribution < -0.4 is 9.75 Å². The number of carbonyl (C=O) groups is 1. The lowest BCUT2D eigenvalue weighted by Crippen LogP contribution is -2.26. The van der Waals surface area contributed by atoms with E-state index in [0.29, 0.717) is 0 Å². The van der Waals surface area contributed by atoms with Crippen LogP contribution in [0.1, 0.15) is 11.5 Å². The topological polar surface area (TPSA) is 67.7 Å². The van der Waals surface area contributed by atoms with Gasteiger partial charge in [0.15, 0.2) is 0 Å². The fourth-order valence-electron chi connectivity index (χ4n) is 1.98. The second kappa shape index (κ2) is 5.08. The summed E-state index contributed by atoms with van der Waals surface area (Å²) in [6, 6.07) is 9.02.